The van der Waals surface area contributed by atoms with Gasteiger partial charge in [0.1, 0.15) is 11.1 Å². The molecule has 0 unspecified atom stereocenters. The van der Waals surface area contributed by atoms with Crippen LogP contribution in [0.25, 0.3) is 0 Å². The van der Waals surface area contributed by atoms with E-state index in [1.807, 2.05) is 34.9 Å². The zero-order chi connectivity index (χ0) is 21.8. The second kappa shape index (κ2) is 9.13. The summed E-state index contributed by atoms with van der Waals surface area (Å²) < 4.78 is 41.2. The lowest BCUT2D eigenvalue weighted by Crippen LogP contribution is -2.20. The monoisotopic (exact) mass is 446 g/mol. The molecule has 31 heavy (non-hydrogen) atoms. The summed E-state index contributed by atoms with van der Waals surface area (Å²) in [6, 6.07) is 13.8. The van der Waals surface area contributed by atoms with Crippen LogP contribution in [-0.2, 0) is 23.9 Å². The molecule has 1 aliphatic heterocycles. The number of fused-ring (bicyclic) bond motifs is 1. The first-order chi connectivity index (χ1) is 14.9. The second-order valence-electron chi connectivity index (χ2n) is 7.34. The van der Waals surface area contributed by atoms with Crippen molar-refractivity contribution in [1.29, 1.82) is 0 Å². The molecule has 0 spiro atoms. The average Bonchev–Trinajstić information content (AvgIpc) is 2.97. The van der Waals surface area contributed by atoms with E-state index in [1.165, 1.54) is 23.9 Å². The molecule has 1 atom stereocenters. The number of aromatic nitrogens is 3. The van der Waals surface area contributed by atoms with Gasteiger partial charge in [-0.05, 0) is 36.6 Å². The lowest BCUT2D eigenvalue weighted by Gasteiger charge is -2.18. The minimum atomic E-state index is -4.48. The maximum Gasteiger partial charge on any atom is 0.416 e. The van der Waals surface area contributed by atoms with Crippen LogP contribution in [-0.4, -0.2) is 20.7 Å². The molecule has 0 saturated carbocycles. The van der Waals surface area contributed by atoms with Gasteiger partial charge in [0.05, 0.1) is 5.56 Å². The second-order valence-corrected chi connectivity index (χ2v) is 8.41. The minimum absolute atomic E-state index is 0.0985. The smallest absolute Gasteiger partial charge is 0.325 e. The molecule has 1 aromatic heterocycles. The number of carbonyl (C=O) groups is 1. The summed E-state index contributed by atoms with van der Waals surface area (Å²) >= 11 is 1.26. The maximum absolute atomic E-state index is 13.2. The molecule has 4 rings (SSSR count). The molecule has 0 bridgehead atoms. The van der Waals surface area contributed by atoms with Crippen LogP contribution in [0.5, 0.6) is 0 Å². The van der Waals surface area contributed by atoms with Gasteiger partial charge < -0.3 is 9.88 Å². The Bertz CT molecular complexity index is 1050. The summed E-state index contributed by atoms with van der Waals surface area (Å²) in [4.78, 5) is 13.2. The van der Waals surface area contributed by atoms with Gasteiger partial charge in [-0.2, -0.15) is 13.2 Å². The first-order valence-electron chi connectivity index (χ1n) is 10.0. The third kappa shape index (κ3) is 5.10. The van der Waals surface area contributed by atoms with Crippen molar-refractivity contribution in [2.75, 3.05) is 5.32 Å². The average molecular weight is 446 g/mol. The molecule has 0 radical (unpaired) electrons. The minimum Gasteiger partial charge on any atom is -0.325 e. The summed E-state index contributed by atoms with van der Waals surface area (Å²) in [5.74, 6) is 0.492. The van der Waals surface area contributed by atoms with Crippen molar-refractivity contribution in [3.63, 3.8) is 0 Å². The zero-order valence-corrected chi connectivity index (χ0v) is 17.4. The molecule has 162 valence electrons. The van der Waals surface area contributed by atoms with E-state index in [0.717, 1.165) is 55.7 Å². The number of nitrogens with one attached hydrogen (secondary N) is 1. The lowest BCUT2D eigenvalue weighted by atomic mass is 10.1. The van der Waals surface area contributed by atoms with E-state index in [2.05, 4.69) is 15.5 Å². The number of rotatable bonds is 5. The fourth-order valence-electron chi connectivity index (χ4n) is 3.53. The number of thioether (sulfide) groups is 1. The van der Waals surface area contributed by atoms with Crippen LogP contribution in [0.3, 0.4) is 0 Å². The first-order valence-corrected chi connectivity index (χ1v) is 10.9. The standard InChI is InChI=1S/C22H21F3N4OS/c23-22(24,25)16-10-7-11-17(14-16)26-20(30)19(15-8-3-1-4-9-15)31-21-28-27-18-12-5-2-6-13-29(18)21/h1,3-4,7-11,14,19H,2,5-6,12-13H2,(H,26,30)/t19-/m1/s1. The van der Waals surface area contributed by atoms with Gasteiger partial charge in [0.2, 0.25) is 5.91 Å². The largest absolute Gasteiger partial charge is 0.416 e. The van der Waals surface area contributed by atoms with Crippen LogP contribution in [0.1, 0.15) is 41.5 Å². The highest BCUT2D eigenvalue weighted by molar-refractivity contribution is 8.00. The molecule has 1 aliphatic rings. The molecule has 0 fully saturated rings. The normalized spacial score (nSPS) is 15.1. The quantitative estimate of drug-likeness (QED) is 0.526. The van der Waals surface area contributed by atoms with Crippen molar-refractivity contribution >= 4 is 23.4 Å². The number of halogens is 3. The highest BCUT2D eigenvalue weighted by Gasteiger charge is 2.31. The molecular formula is C22H21F3N4OS. The van der Waals surface area contributed by atoms with Crippen LogP contribution in [0, 0.1) is 0 Å². The number of hydrogen-bond donors (Lipinski definition) is 1. The van der Waals surface area contributed by atoms with Crippen molar-refractivity contribution in [3.05, 3.63) is 71.5 Å². The van der Waals surface area contributed by atoms with Gasteiger partial charge in [0, 0.05) is 18.7 Å². The number of anilines is 1. The number of alkyl halides is 3. The molecule has 5 nitrogen and oxygen atoms in total. The van der Waals surface area contributed by atoms with Crippen molar-refractivity contribution in [1.82, 2.24) is 14.8 Å². The van der Waals surface area contributed by atoms with Crippen LogP contribution < -0.4 is 5.32 Å². The number of nitrogens with zero attached hydrogens (tertiary/aromatic N) is 3. The molecule has 1 amide bonds. The van der Waals surface area contributed by atoms with Crippen LogP contribution in [0.2, 0.25) is 0 Å². The number of benzene rings is 2. The van der Waals surface area contributed by atoms with Gasteiger partial charge in [-0.25, -0.2) is 0 Å². The number of aryl methyl sites for hydroxylation is 1. The van der Waals surface area contributed by atoms with E-state index >= 15 is 0 Å². The number of hydrogen-bond acceptors (Lipinski definition) is 4. The third-order valence-electron chi connectivity index (χ3n) is 5.10. The van der Waals surface area contributed by atoms with E-state index in [-0.39, 0.29) is 5.69 Å². The topological polar surface area (TPSA) is 59.8 Å². The molecule has 1 N–H and O–H groups in total. The molecular weight excluding hydrogens is 425 g/mol. The van der Waals surface area contributed by atoms with Gasteiger partial charge in [0.25, 0.3) is 0 Å². The Labute approximate surface area is 182 Å². The van der Waals surface area contributed by atoms with Gasteiger partial charge in [-0.1, -0.05) is 54.6 Å². The van der Waals surface area contributed by atoms with E-state index in [9.17, 15) is 18.0 Å². The van der Waals surface area contributed by atoms with E-state index < -0.39 is 22.9 Å². The summed E-state index contributed by atoms with van der Waals surface area (Å²) in [5, 5.41) is 11.2. The SMILES string of the molecule is O=C(Nc1cccc(C(F)(F)F)c1)[C@H](Sc1nnc2n1CCCCC2)c1ccccc1. The number of amides is 1. The maximum atomic E-state index is 13.2. The van der Waals surface area contributed by atoms with E-state index in [1.54, 1.807) is 0 Å². The predicted octanol–water partition coefficient (Wildman–Crippen LogP) is 5.50. The van der Waals surface area contributed by atoms with Crippen molar-refractivity contribution < 1.29 is 18.0 Å². The summed E-state index contributed by atoms with van der Waals surface area (Å²) in [6.45, 7) is 0.793. The van der Waals surface area contributed by atoms with Crippen LogP contribution in [0.4, 0.5) is 18.9 Å². The van der Waals surface area contributed by atoms with Crippen molar-refractivity contribution in [2.24, 2.45) is 0 Å². The summed E-state index contributed by atoms with van der Waals surface area (Å²) in [7, 11) is 0. The number of carbonyl (C=O) groups excluding carboxylic acids is 1. The highest BCUT2D eigenvalue weighted by Crippen LogP contribution is 2.37. The van der Waals surface area contributed by atoms with Crippen LogP contribution in [0.15, 0.2) is 59.8 Å². The molecule has 0 saturated heterocycles. The molecule has 9 heteroatoms. The van der Waals surface area contributed by atoms with Crippen LogP contribution >= 0.6 is 11.8 Å². The highest BCUT2D eigenvalue weighted by atomic mass is 32.2. The van der Waals surface area contributed by atoms with Gasteiger partial charge in [-0.15, -0.1) is 10.2 Å². The van der Waals surface area contributed by atoms with Gasteiger partial charge >= 0.3 is 6.18 Å². The third-order valence-corrected chi connectivity index (χ3v) is 6.33. The summed E-state index contributed by atoms with van der Waals surface area (Å²) in [6.07, 6.45) is -0.439. The zero-order valence-electron chi connectivity index (χ0n) is 16.6. The molecule has 3 aromatic rings. The Hall–Kier alpha value is -2.81. The molecule has 2 heterocycles. The molecule has 2 aromatic carbocycles. The Morgan fingerprint density at radius 1 is 1.03 bits per heavy atom. The predicted molar refractivity (Wildman–Crippen MR) is 113 cm³/mol. The summed E-state index contributed by atoms with van der Waals surface area (Å²) in [5.41, 5.74) is 0.0290. The van der Waals surface area contributed by atoms with Crippen molar-refractivity contribution in [2.45, 2.75) is 48.8 Å². The van der Waals surface area contributed by atoms with Crippen molar-refractivity contribution in [3.8, 4) is 0 Å². The van der Waals surface area contributed by atoms with E-state index in [4.69, 9.17) is 0 Å². The van der Waals surface area contributed by atoms with Gasteiger partial charge in [-0.3, -0.25) is 4.79 Å². The van der Waals surface area contributed by atoms with E-state index in [0.29, 0.717) is 5.16 Å². The Kier molecular flexibility index (Phi) is 6.31. The lowest BCUT2D eigenvalue weighted by molar-refractivity contribution is -0.137. The Balaban J connectivity index is 1.61. The van der Waals surface area contributed by atoms with Gasteiger partial charge in [0.15, 0.2) is 5.16 Å². The Morgan fingerprint density at radius 3 is 2.61 bits per heavy atom. The first kappa shape index (κ1) is 21.4. The molecule has 0 aliphatic carbocycles. The fourth-order valence-corrected chi connectivity index (χ4v) is 4.61. The Morgan fingerprint density at radius 2 is 1.84 bits per heavy atom. The fraction of sp³-hybridized carbons (Fsp3) is 0.318.